The molecule has 1 aromatic heterocycles. The predicted molar refractivity (Wildman–Crippen MR) is 88.3 cm³/mol. The summed E-state index contributed by atoms with van der Waals surface area (Å²) in [6, 6.07) is 17.1. The van der Waals surface area contributed by atoms with Crippen LogP contribution in [0, 0.1) is 0 Å². The van der Waals surface area contributed by atoms with Crippen LogP contribution in [0.25, 0.3) is 16.5 Å². The number of aromatic nitrogens is 1. The number of hydrogen-bond acceptors (Lipinski definition) is 3. The largest absolute Gasteiger partial charge is 0.385 e. The van der Waals surface area contributed by atoms with E-state index in [9.17, 15) is 4.79 Å². The Morgan fingerprint density at radius 3 is 2.33 bits per heavy atom. The number of fused-ring (bicyclic) bond motifs is 1. The lowest BCUT2D eigenvalue weighted by molar-refractivity contribution is 1.02. The van der Waals surface area contributed by atoms with Gasteiger partial charge in [0.1, 0.15) is 5.82 Å². The fourth-order valence-corrected chi connectivity index (χ4v) is 2.45. The van der Waals surface area contributed by atoms with E-state index in [1.165, 1.54) is 0 Å². The quantitative estimate of drug-likeness (QED) is 0.784. The first-order valence-corrected chi connectivity index (χ1v) is 6.76. The van der Waals surface area contributed by atoms with E-state index in [1.807, 2.05) is 73.6 Å². The van der Waals surface area contributed by atoms with Gasteiger partial charge in [0.2, 0.25) is 0 Å². The van der Waals surface area contributed by atoms with E-state index >= 15 is 0 Å². The van der Waals surface area contributed by atoms with Crippen molar-refractivity contribution in [1.29, 1.82) is 0 Å². The molecule has 4 nitrogen and oxygen atoms in total. The van der Waals surface area contributed by atoms with Gasteiger partial charge in [-0.15, -0.1) is 0 Å². The maximum atomic E-state index is 12.6. The first kappa shape index (κ1) is 13.2. The van der Waals surface area contributed by atoms with Crippen LogP contribution in [0.4, 0.5) is 11.5 Å². The van der Waals surface area contributed by atoms with Gasteiger partial charge in [-0.2, -0.15) is 0 Å². The van der Waals surface area contributed by atoms with Crippen molar-refractivity contribution in [3.05, 3.63) is 65.0 Å². The smallest absolute Gasteiger partial charge is 0.264 e. The zero-order chi connectivity index (χ0) is 15.0. The van der Waals surface area contributed by atoms with Crippen LogP contribution in [-0.4, -0.2) is 18.7 Å². The molecule has 106 valence electrons. The van der Waals surface area contributed by atoms with E-state index < -0.39 is 0 Å². The van der Waals surface area contributed by atoms with Gasteiger partial charge in [-0.25, -0.2) is 0 Å². The first-order valence-electron chi connectivity index (χ1n) is 6.76. The Bertz CT molecular complexity index is 848. The molecule has 3 aromatic rings. The lowest BCUT2D eigenvalue weighted by Gasteiger charge is -2.15. The van der Waals surface area contributed by atoms with Gasteiger partial charge in [-0.3, -0.25) is 9.36 Å². The van der Waals surface area contributed by atoms with Crippen molar-refractivity contribution in [2.45, 2.75) is 0 Å². The van der Waals surface area contributed by atoms with Gasteiger partial charge in [-0.1, -0.05) is 18.2 Å². The molecule has 1 heterocycles. The summed E-state index contributed by atoms with van der Waals surface area (Å²) in [6.45, 7) is 0. The standard InChI is InChI=1S/C17H17N3O/c1-19(2)13-7-9-14(10-8-13)20-16(18)11-12-5-3-4-6-15(12)17(20)21/h3-11H,18H2,1-2H3. The highest BCUT2D eigenvalue weighted by molar-refractivity contribution is 5.84. The molecule has 0 saturated carbocycles. The topological polar surface area (TPSA) is 51.3 Å². The Labute approximate surface area is 123 Å². The maximum Gasteiger partial charge on any atom is 0.264 e. The van der Waals surface area contributed by atoms with Crippen LogP contribution in [0.15, 0.2) is 59.4 Å². The van der Waals surface area contributed by atoms with Gasteiger partial charge in [0, 0.05) is 25.2 Å². The molecular weight excluding hydrogens is 262 g/mol. The molecule has 21 heavy (non-hydrogen) atoms. The Balaban J connectivity index is 2.22. The van der Waals surface area contributed by atoms with E-state index in [4.69, 9.17) is 5.73 Å². The highest BCUT2D eigenvalue weighted by Crippen LogP contribution is 2.19. The second-order valence-corrected chi connectivity index (χ2v) is 5.21. The van der Waals surface area contributed by atoms with Gasteiger partial charge in [0.25, 0.3) is 5.56 Å². The lowest BCUT2D eigenvalue weighted by atomic mass is 10.1. The lowest BCUT2D eigenvalue weighted by Crippen LogP contribution is -2.21. The average molecular weight is 279 g/mol. The van der Waals surface area contributed by atoms with Crippen LogP contribution in [-0.2, 0) is 0 Å². The number of nitrogen functional groups attached to an aromatic ring is 1. The van der Waals surface area contributed by atoms with E-state index in [0.29, 0.717) is 11.2 Å². The van der Waals surface area contributed by atoms with Gasteiger partial charge < -0.3 is 10.6 Å². The maximum absolute atomic E-state index is 12.6. The van der Waals surface area contributed by atoms with Gasteiger partial charge >= 0.3 is 0 Å². The highest BCUT2D eigenvalue weighted by atomic mass is 16.1. The molecular formula is C17H17N3O. The zero-order valence-corrected chi connectivity index (χ0v) is 12.1. The third-order valence-electron chi connectivity index (χ3n) is 3.58. The van der Waals surface area contributed by atoms with Crippen LogP contribution in [0.1, 0.15) is 0 Å². The number of nitrogens with zero attached hydrogens (tertiary/aromatic N) is 2. The summed E-state index contributed by atoms with van der Waals surface area (Å²) in [5, 5.41) is 1.53. The molecule has 0 aliphatic rings. The van der Waals surface area contributed by atoms with Crippen molar-refractivity contribution in [2.24, 2.45) is 0 Å². The molecule has 0 aliphatic heterocycles. The van der Waals surface area contributed by atoms with Gasteiger partial charge in [-0.05, 0) is 41.8 Å². The van der Waals surface area contributed by atoms with E-state index in [2.05, 4.69) is 0 Å². The molecule has 3 rings (SSSR count). The third kappa shape index (κ3) is 2.25. The van der Waals surface area contributed by atoms with Crippen molar-refractivity contribution in [1.82, 2.24) is 4.57 Å². The summed E-state index contributed by atoms with van der Waals surface area (Å²) >= 11 is 0. The highest BCUT2D eigenvalue weighted by Gasteiger charge is 2.08. The second kappa shape index (κ2) is 4.98. The molecule has 0 unspecified atom stereocenters. The van der Waals surface area contributed by atoms with Crippen molar-refractivity contribution in [3.63, 3.8) is 0 Å². The first-order chi connectivity index (χ1) is 10.1. The average Bonchev–Trinajstić information content (AvgIpc) is 2.48. The predicted octanol–water partition coefficient (Wildman–Crippen LogP) is 2.64. The summed E-state index contributed by atoms with van der Waals surface area (Å²) in [5.74, 6) is 0.441. The summed E-state index contributed by atoms with van der Waals surface area (Å²) in [7, 11) is 3.96. The summed E-state index contributed by atoms with van der Waals surface area (Å²) < 4.78 is 1.54. The fraction of sp³-hybridized carbons (Fsp3) is 0.118. The Morgan fingerprint density at radius 1 is 1.00 bits per heavy atom. The molecule has 0 spiro atoms. The minimum atomic E-state index is -0.0943. The number of pyridine rings is 1. The number of rotatable bonds is 2. The number of anilines is 2. The Kier molecular flexibility index (Phi) is 3.14. The molecule has 0 fully saturated rings. The van der Waals surface area contributed by atoms with E-state index in [0.717, 1.165) is 16.8 Å². The zero-order valence-electron chi connectivity index (χ0n) is 12.1. The molecule has 0 atom stereocenters. The van der Waals surface area contributed by atoms with Crippen LogP contribution >= 0.6 is 0 Å². The summed E-state index contributed by atoms with van der Waals surface area (Å²) in [5.41, 5.74) is 7.82. The molecule has 0 saturated heterocycles. The molecule has 2 aromatic carbocycles. The molecule has 0 aliphatic carbocycles. The van der Waals surface area contributed by atoms with Crippen molar-refractivity contribution in [2.75, 3.05) is 24.7 Å². The van der Waals surface area contributed by atoms with Gasteiger partial charge in [0.05, 0.1) is 5.69 Å². The molecule has 0 amide bonds. The molecule has 0 radical (unpaired) electrons. The Hall–Kier alpha value is -2.75. The second-order valence-electron chi connectivity index (χ2n) is 5.21. The van der Waals surface area contributed by atoms with E-state index in [-0.39, 0.29) is 5.56 Å². The summed E-state index contributed by atoms with van der Waals surface area (Å²) in [6.07, 6.45) is 0. The molecule has 4 heteroatoms. The van der Waals surface area contributed by atoms with Crippen molar-refractivity contribution in [3.8, 4) is 5.69 Å². The summed E-state index contributed by atoms with van der Waals surface area (Å²) in [4.78, 5) is 14.7. The van der Waals surface area contributed by atoms with Crippen LogP contribution in [0.3, 0.4) is 0 Å². The normalized spacial score (nSPS) is 10.8. The van der Waals surface area contributed by atoms with Crippen molar-refractivity contribution >= 4 is 22.3 Å². The van der Waals surface area contributed by atoms with Crippen LogP contribution in [0.2, 0.25) is 0 Å². The van der Waals surface area contributed by atoms with Crippen LogP contribution in [0.5, 0.6) is 0 Å². The molecule has 0 bridgehead atoms. The third-order valence-corrected chi connectivity index (χ3v) is 3.58. The van der Waals surface area contributed by atoms with Crippen molar-refractivity contribution < 1.29 is 0 Å². The Morgan fingerprint density at radius 2 is 1.67 bits per heavy atom. The number of hydrogen-bond donors (Lipinski definition) is 1. The minimum absolute atomic E-state index is 0.0943. The fourth-order valence-electron chi connectivity index (χ4n) is 2.45. The minimum Gasteiger partial charge on any atom is -0.385 e. The van der Waals surface area contributed by atoms with Gasteiger partial charge in [0.15, 0.2) is 0 Å². The SMILES string of the molecule is CN(C)c1ccc(-n2c(N)cc3ccccc3c2=O)cc1. The number of benzene rings is 2. The van der Waals surface area contributed by atoms with Crippen LogP contribution < -0.4 is 16.2 Å². The number of nitrogens with two attached hydrogens (primary N) is 1. The molecule has 2 N–H and O–H groups in total. The van der Waals surface area contributed by atoms with E-state index in [1.54, 1.807) is 4.57 Å². The monoisotopic (exact) mass is 279 g/mol.